The summed E-state index contributed by atoms with van der Waals surface area (Å²) in [7, 11) is -2.09. The number of hydrogen-bond donors (Lipinski definition) is 1. The monoisotopic (exact) mass is 537 g/mol. The van der Waals surface area contributed by atoms with Gasteiger partial charge in [0.25, 0.3) is 0 Å². The van der Waals surface area contributed by atoms with Gasteiger partial charge in [0.15, 0.2) is 8.32 Å². The number of hydrogen-bond acceptors (Lipinski definition) is 3. The Morgan fingerprint density at radius 3 is 2.24 bits per heavy atom. The molecule has 4 atom stereocenters. The number of benzene rings is 2. The summed E-state index contributed by atoms with van der Waals surface area (Å²) in [6.07, 6.45) is 3.57. The van der Waals surface area contributed by atoms with Crippen LogP contribution < -0.4 is 5.32 Å². The zero-order chi connectivity index (χ0) is 25.1. The van der Waals surface area contributed by atoms with Crippen molar-refractivity contribution in [1.82, 2.24) is 5.32 Å². The zero-order valence-corrected chi connectivity index (χ0v) is 25.0. The van der Waals surface area contributed by atoms with Gasteiger partial charge in [0.05, 0.1) is 12.1 Å². The first-order valence-corrected chi connectivity index (χ1v) is 17.1. The van der Waals surface area contributed by atoms with Crippen LogP contribution >= 0.6 is 35.0 Å². The molecule has 0 heterocycles. The third-order valence-electron chi connectivity index (χ3n) is 7.23. The van der Waals surface area contributed by atoms with E-state index in [0.29, 0.717) is 16.5 Å². The highest BCUT2D eigenvalue weighted by atomic mass is 35.5. The predicted molar refractivity (Wildman–Crippen MR) is 154 cm³/mol. The van der Waals surface area contributed by atoms with Crippen molar-refractivity contribution in [3.05, 3.63) is 69.7 Å². The van der Waals surface area contributed by atoms with Gasteiger partial charge in [0.1, 0.15) is 0 Å². The smallest absolute Gasteiger partial charge is 0.193 e. The summed E-state index contributed by atoms with van der Waals surface area (Å²) >= 11 is 14.9. The van der Waals surface area contributed by atoms with E-state index in [1.54, 1.807) is 0 Å². The molecule has 1 fully saturated rings. The Kier molecular flexibility index (Phi) is 9.67. The van der Waals surface area contributed by atoms with E-state index in [2.05, 4.69) is 89.1 Å². The molecule has 34 heavy (non-hydrogen) atoms. The SMILES string of the molecule is CC(C)S[C@@H]1CCC[C@H]1N[C@H](c1ccc(Cl)cc1)[C@H](O[Si](C)(C)C(C)(C)C)c1cccc(Cl)c1. The van der Waals surface area contributed by atoms with Gasteiger partial charge in [-0.3, -0.25) is 0 Å². The Morgan fingerprint density at radius 1 is 0.971 bits per heavy atom. The van der Waals surface area contributed by atoms with Crippen molar-refractivity contribution in [2.75, 3.05) is 0 Å². The quantitative estimate of drug-likeness (QED) is 0.321. The molecule has 2 aromatic carbocycles. The van der Waals surface area contributed by atoms with E-state index in [0.717, 1.165) is 15.6 Å². The molecule has 188 valence electrons. The molecule has 6 heteroatoms. The van der Waals surface area contributed by atoms with E-state index in [1.165, 1.54) is 24.8 Å². The Morgan fingerprint density at radius 2 is 1.65 bits per heavy atom. The van der Waals surface area contributed by atoms with Gasteiger partial charge in [-0.1, -0.05) is 88.5 Å². The van der Waals surface area contributed by atoms with E-state index in [-0.39, 0.29) is 17.2 Å². The first-order valence-electron chi connectivity index (χ1n) is 12.5. The first-order chi connectivity index (χ1) is 15.9. The van der Waals surface area contributed by atoms with Crippen LogP contribution in [0.5, 0.6) is 0 Å². The molecule has 2 aromatic rings. The van der Waals surface area contributed by atoms with Gasteiger partial charge in [-0.15, -0.1) is 0 Å². The van der Waals surface area contributed by atoms with E-state index in [9.17, 15) is 0 Å². The van der Waals surface area contributed by atoms with Gasteiger partial charge in [-0.05, 0) is 71.6 Å². The number of thioether (sulfide) groups is 1. The molecule has 0 radical (unpaired) electrons. The lowest BCUT2D eigenvalue weighted by Crippen LogP contribution is -2.46. The summed E-state index contributed by atoms with van der Waals surface area (Å²) in [6.45, 7) is 16.1. The standard InChI is InChI=1S/C28H41Cl2NOSSi/c1-19(2)33-25-13-9-12-24(25)31-26(20-14-16-22(29)17-15-20)27(21-10-8-11-23(30)18-21)32-34(6,7)28(3,4)5/h8,10-11,14-19,24-27,31H,9,12-13H2,1-7H3/t24-,25-,26-,27-/m1/s1. The highest BCUT2D eigenvalue weighted by molar-refractivity contribution is 8.00. The van der Waals surface area contributed by atoms with Crippen molar-refractivity contribution in [2.24, 2.45) is 0 Å². The number of nitrogens with one attached hydrogen (secondary N) is 1. The molecule has 0 amide bonds. The summed E-state index contributed by atoms with van der Waals surface area (Å²) in [5, 5.41) is 6.91. The van der Waals surface area contributed by atoms with Crippen LogP contribution in [0.3, 0.4) is 0 Å². The van der Waals surface area contributed by atoms with Crippen LogP contribution in [0.25, 0.3) is 0 Å². The van der Waals surface area contributed by atoms with E-state index < -0.39 is 8.32 Å². The predicted octanol–water partition coefficient (Wildman–Crippen LogP) is 9.45. The van der Waals surface area contributed by atoms with Crippen LogP contribution in [0, 0.1) is 0 Å². The molecule has 0 bridgehead atoms. The number of rotatable bonds is 9. The van der Waals surface area contributed by atoms with Crippen LogP contribution in [0.1, 0.15) is 77.2 Å². The third kappa shape index (κ3) is 7.27. The average molecular weight is 539 g/mol. The maximum atomic E-state index is 7.19. The minimum atomic E-state index is -2.09. The fraction of sp³-hybridized carbons (Fsp3) is 0.571. The van der Waals surface area contributed by atoms with Crippen LogP contribution in [0.15, 0.2) is 48.5 Å². The van der Waals surface area contributed by atoms with Gasteiger partial charge in [0.2, 0.25) is 0 Å². The van der Waals surface area contributed by atoms with Gasteiger partial charge in [-0.25, -0.2) is 0 Å². The molecule has 1 aliphatic carbocycles. The molecule has 3 rings (SSSR count). The molecule has 0 spiro atoms. The van der Waals surface area contributed by atoms with Crippen LogP contribution in [0.2, 0.25) is 28.2 Å². The van der Waals surface area contributed by atoms with Gasteiger partial charge in [-0.2, -0.15) is 11.8 Å². The van der Waals surface area contributed by atoms with Crippen molar-refractivity contribution < 1.29 is 4.43 Å². The second kappa shape index (κ2) is 11.7. The summed E-state index contributed by atoms with van der Waals surface area (Å²) in [5.74, 6) is 0. The fourth-order valence-corrected chi connectivity index (χ4v) is 7.39. The number of halogens is 2. The zero-order valence-electron chi connectivity index (χ0n) is 21.7. The van der Waals surface area contributed by atoms with Gasteiger partial charge in [0, 0.05) is 21.3 Å². The topological polar surface area (TPSA) is 21.3 Å². The average Bonchev–Trinajstić information content (AvgIpc) is 3.16. The van der Waals surface area contributed by atoms with E-state index in [4.69, 9.17) is 27.6 Å². The van der Waals surface area contributed by atoms with Crippen molar-refractivity contribution in [2.45, 2.75) is 101 Å². The second-order valence-corrected chi connectivity index (χ2v) is 18.8. The van der Waals surface area contributed by atoms with E-state index in [1.807, 2.05) is 24.3 Å². The molecule has 0 aromatic heterocycles. The second-order valence-electron chi connectivity index (χ2n) is 11.3. The summed E-state index contributed by atoms with van der Waals surface area (Å²) < 4.78 is 7.19. The van der Waals surface area contributed by atoms with Crippen molar-refractivity contribution >= 4 is 43.3 Å². The molecule has 0 saturated heterocycles. The highest BCUT2D eigenvalue weighted by Crippen LogP contribution is 2.45. The largest absolute Gasteiger partial charge is 0.408 e. The maximum Gasteiger partial charge on any atom is 0.193 e. The molecule has 0 aliphatic heterocycles. The van der Waals surface area contributed by atoms with Crippen molar-refractivity contribution in [3.63, 3.8) is 0 Å². The van der Waals surface area contributed by atoms with Crippen molar-refractivity contribution in [3.8, 4) is 0 Å². The van der Waals surface area contributed by atoms with Crippen molar-refractivity contribution in [1.29, 1.82) is 0 Å². The Balaban J connectivity index is 2.06. The summed E-state index contributed by atoms with van der Waals surface area (Å²) in [6, 6.07) is 16.9. The molecule has 2 nitrogen and oxygen atoms in total. The van der Waals surface area contributed by atoms with E-state index >= 15 is 0 Å². The lowest BCUT2D eigenvalue weighted by Gasteiger charge is -2.43. The summed E-state index contributed by atoms with van der Waals surface area (Å²) in [5.41, 5.74) is 2.32. The minimum absolute atomic E-state index is 0.00298. The highest BCUT2D eigenvalue weighted by Gasteiger charge is 2.42. The van der Waals surface area contributed by atoms with Gasteiger partial charge >= 0.3 is 0 Å². The normalized spacial score (nSPS) is 21.1. The minimum Gasteiger partial charge on any atom is -0.408 e. The summed E-state index contributed by atoms with van der Waals surface area (Å²) in [4.78, 5) is 0. The third-order valence-corrected chi connectivity index (χ3v) is 13.6. The van der Waals surface area contributed by atoms with Crippen LogP contribution in [-0.4, -0.2) is 24.9 Å². The molecule has 0 unspecified atom stereocenters. The Hall–Kier alpha value is -0.493. The van der Waals surface area contributed by atoms with Crippen LogP contribution in [0.4, 0.5) is 0 Å². The van der Waals surface area contributed by atoms with Crippen LogP contribution in [-0.2, 0) is 4.43 Å². The lowest BCUT2D eigenvalue weighted by molar-refractivity contribution is 0.130. The Bertz CT molecular complexity index is 929. The molecular weight excluding hydrogens is 497 g/mol. The fourth-order valence-electron chi connectivity index (χ4n) is 4.39. The maximum absolute atomic E-state index is 7.19. The Labute approximate surface area is 222 Å². The lowest BCUT2D eigenvalue weighted by atomic mass is 9.94. The first kappa shape index (κ1) is 28.1. The molecular formula is C28H41Cl2NOSSi. The molecule has 1 aliphatic rings. The van der Waals surface area contributed by atoms with Gasteiger partial charge < -0.3 is 9.74 Å². The molecule has 1 N–H and O–H groups in total. The molecule has 1 saturated carbocycles.